The van der Waals surface area contributed by atoms with Gasteiger partial charge >= 0.3 is 0 Å². The van der Waals surface area contributed by atoms with Gasteiger partial charge in [0.1, 0.15) is 0 Å². The lowest BCUT2D eigenvalue weighted by Gasteiger charge is -2.31. The van der Waals surface area contributed by atoms with Gasteiger partial charge < -0.3 is 10.2 Å². The van der Waals surface area contributed by atoms with Gasteiger partial charge in [0.05, 0.1) is 6.26 Å². The second-order valence-corrected chi connectivity index (χ2v) is 11.0. The molecule has 1 aliphatic carbocycles. The van der Waals surface area contributed by atoms with Crippen molar-refractivity contribution < 1.29 is 13.2 Å². The van der Waals surface area contributed by atoms with E-state index in [9.17, 15) is 13.2 Å². The van der Waals surface area contributed by atoms with Crippen molar-refractivity contribution in [1.82, 2.24) is 14.5 Å². The highest BCUT2D eigenvalue weighted by atomic mass is 32.2. The maximum absolute atomic E-state index is 12.4. The molecule has 2 fully saturated rings. The summed E-state index contributed by atoms with van der Waals surface area (Å²) in [6, 6.07) is 8.54. The quantitative estimate of drug-likeness (QED) is 0.682. The lowest BCUT2D eigenvalue weighted by atomic mass is 9.91. The van der Waals surface area contributed by atoms with Gasteiger partial charge in [-0.15, -0.1) is 0 Å². The van der Waals surface area contributed by atoms with E-state index >= 15 is 0 Å². The van der Waals surface area contributed by atoms with Gasteiger partial charge in [0, 0.05) is 37.8 Å². The van der Waals surface area contributed by atoms with E-state index in [1.807, 2.05) is 24.3 Å². The summed E-state index contributed by atoms with van der Waals surface area (Å²) < 4.78 is 24.8. The molecule has 0 radical (unpaired) electrons. The number of nitrogens with zero attached hydrogens (tertiary/aromatic N) is 2. The summed E-state index contributed by atoms with van der Waals surface area (Å²) in [5.74, 6) is 0.484. The molecule has 0 bridgehead atoms. The largest absolute Gasteiger partial charge is 0.351 e. The highest BCUT2D eigenvalue weighted by Crippen LogP contribution is 2.23. The van der Waals surface area contributed by atoms with Crippen molar-refractivity contribution >= 4 is 15.9 Å². The first-order chi connectivity index (χ1) is 14.3. The number of hydrogen-bond donors (Lipinski definition) is 1. The van der Waals surface area contributed by atoms with Crippen molar-refractivity contribution in [2.24, 2.45) is 5.92 Å². The lowest BCUT2D eigenvalue weighted by molar-refractivity contribution is 0.0944. The van der Waals surface area contributed by atoms with E-state index < -0.39 is 10.0 Å². The molecular weight excluding hydrogens is 398 g/mol. The number of amides is 1. The Balaban J connectivity index is 1.40. The van der Waals surface area contributed by atoms with Crippen molar-refractivity contribution in [3.8, 4) is 0 Å². The van der Waals surface area contributed by atoms with Crippen LogP contribution >= 0.6 is 0 Å². The molecule has 3 rings (SSSR count). The average Bonchev–Trinajstić information content (AvgIpc) is 2.74. The van der Waals surface area contributed by atoms with Crippen LogP contribution < -0.4 is 5.32 Å². The maximum Gasteiger partial charge on any atom is 0.251 e. The molecule has 0 atom stereocenters. The summed E-state index contributed by atoms with van der Waals surface area (Å²) in [6.45, 7) is 2.78. The third-order valence-corrected chi connectivity index (χ3v) is 8.03. The minimum Gasteiger partial charge on any atom is -0.351 e. The predicted octanol–water partition coefficient (Wildman–Crippen LogP) is 2.90. The van der Waals surface area contributed by atoms with Gasteiger partial charge in [-0.1, -0.05) is 31.4 Å². The Labute approximate surface area is 182 Å². The first-order valence-corrected chi connectivity index (χ1v) is 13.2. The van der Waals surface area contributed by atoms with Gasteiger partial charge in [0.25, 0.3) is 5.91 Å². The number of likely N-dealkylation sites (N-methyl/N-ethyl adjacent to an activating group) is 1. The first kappa shape index (κ1) is 23.2. The fourth-order valence-corrected chi connectivity index (χ4v) is 5.60. The van der Waals surface area contributed by atoms with E-state index in [0.29, 0.717) is 37.2 Å². The van der Waals surface area contributed by atoms with Gasteiger partial charge in [-0.25, -0.2) is 12.7 Å². The molecule has 7 heteroatoms. The van der Waals surface area contributed by atoms with Crippen LogP contribution in [0.1, 0.15) is 60.9 Å². The van der Waals surface area contributed by atoms with Crippen LogP contribution in [0.25, 0.3) is 0 Å². The first-order valence-electron chi connectivity index (χ1n) is 11.4. The summed E-state index contributed by atoms with van der Waals surface area (Å²) >= 11 is 0. The van der Waals surface area contributed by atoms with E-state index in [1.165, 1.54) is 43.9 Å². The summed E-state index contributed by atoms with van der Waals surface area (Å²) in [4.78, 5) is 14.8. The van der Waals surface area contributed by atoms with E-state index in [0.717, 1.165) is 25.8 Å². The number of rotatable bonds is 8. The van der Waals surface area contributed by atoms with Crippen molar-refractivity contribution in [1.29, 1.82) is 0 Å². The molecule has 168 valence electrons. The monoisotopic (exact) mass is 435 g/mol. The number of nitrogens with one attached hydrogen (secondary N) is 1. The zero-order valence-electron chi connectivity index (χ0n) is 18.5. The van der Waals surface area contributed by atoms with Crippen molar-refractivity contribution in [2.75, 3.05) is 39.5 Å². The molecule has 1 aromatic rings. The maximum atomic E-state index is 12.4. The van der Waals surface area contributed by atoms with E-state index in [4.69, 9.17) is 0 Å². The van der Waals surface area contributed by atoms with E-state index in [2.05, 4.69) is 17.3 Å². The molecule has 1 aromatic carbocycles. The molecule has 1 N–H and O–H groups in total. The van der Waals surface area contributed by atoms with E-state index in [-0.39, 0.29) is 5.91 Å². The molecule has 1 amide bonds. The Kier molecular flexibility index (Phi) is 8.31. The van der Waals surface area contributed by atoms with E-state index in [1.54, 1.807) is 4.31 Å². The predicted molar refractivity (Wildman–Crippen MR) is 121 cm³/mol. The van der Waals surface area contributed by atoms with Crippen LogP contribution in [0.3, 0.4) is 0 Å². The van der Waals surface area contributed by atoms with Crippen molar-refractivity contribution in [3.63, 3.8) is 0 Å². The van der Waals surface area contributed by atoms with Crippen LogP contribution in [-0.2, 0) is 16.4 Å². The Bertz CT molecular complexity index is 780. The highest BCUT2D eigenvalue weighted by molar-refractivity contribution is 7.88. The van der Waals surface area contributed by atoms with Crippen LogP contribution in [0.2, 0.25) is 0 Å². The van der Waals surface area contributed by atoms with Gasteiger partial charge in [0.2, 0.25) is 10.0 Å². The molecule has 1 saturated heterocycles. The standard InChI is InChI=1S/C23H37N3O3S/c1-25(22-6-4-3-5-7-22)17-14-24-23(27)21-10-8-19(9-11-21)18-20-12-15-26(16-13-20)30(2,28)29/h8-11,20,22H,3-7,12-18H2,1-2H3,(H,24,27). The molecule has 1 heterocycles. The zero-order chi connectivity index (χ0) is 21.6. The number of benzene rings is 1. The number of carbonyl (C=O) groups excluding carboxylic acids is 1. The molecule has 6 nitrogen and oxygen atoms in total. The van der Waals surface area contributed by atoms with Crippen molar-refractivity contribution in [3.05, 3.63) is 35.4 Å². The topological polar surface area (TPSA) is 69.7 Å². The number of piperidine rings is 1. The average molecular weight is 436 g/mol. The number of carbonyl (C=O) groups is 1. The van der Waals surface area contributed by atoms with Gasteiger partial charge in [-0.3, -0.25) is 4.79 Å². The Morgan fingerprint density at radius 1 is 1.07 bits per heavy atom. The minimum atomic E-state index is -3.07. The molecule has 0 spiro atoms. The van der Waals surface area contributed by atoms with Gasteiger partial charge in [-0.2, -0.15) is 0 Å². The smallest absolute Gasteiger partial charge is 0.251 e. The Morgan fingerprint density at radius 2 is 1.70 bits per heavy atom. The molecule has 0 aromatic heterocycles. The SMILES string of the molecule is CN(CCNC(=O)c1ccc(CC2CCN(S(C)(=O)=O)CC2)cc1)C1CCCCC1. The molecule has 1 aliphatic heterocycles. The van der Waals surface area contributed by atoms with Crippen LogP contribution in [0.4, 0.5) is 0 Å². The fourth-order valence-electron chi connectivity index (χ4n) is 4.72. The zero-order valence-corrected chi connectivity index (χ0v) is 19.3. The normalized spacial score (nSPS) is 19.8. The summed E-state index contributed by atoms with van der Waals surface area (Å²) in [6.07, 6.45) is 10.6. The molecule has 2 aliphatic rings. The number of sulfonamides is 1. The summed E-state index contributed by atoms with van der Waals surface area (Å²) in [5.41, 5.74) is 1.91. The fraction of sp³-hybridized carbons (Fsp3) is 0.696. The van der Waals surface area contributed by atoms with Crippen molar-refractivity contribution in [2.45, 2.75) is 57.4 Å². The minimum absolute atomic E-state index is 0.0138. The summed E-state index contributed by atoms with van der Waals surface area (Å²) in [5, 5.41) is 3.05. The van der Waals surface area contributed by atoms with Crippen LogP contribution in [0.5, 0.6) is 0 Å². The molecular formula is C23H37N3O3S. The van der Waals surface area contributed by atoms with Gasteiger partial charge in [-0.05, 0) is 62.8 Å². The third kappa shape index (κ3) is 6.79. The molecule has 1 saturated carbocycles. The van der Waals surface area contributed by atoms with Gasteiger partial charge in [0.15, 0.2) is 0 Å². The van der Waals surface area contributed by atoms with Crippen LogP contribution in [0.15, 0.2) is 24.3 Å². The highest BCUT2D eigenvalue weighted by Gasteiger charge is 2.25. The Morgan fingerprint density at radius 3 is 2.30 bits per heavy atom. The Hall–Kier alpha value is -1.44. The number of hydrogen-bond acceptors (Lipinski definition) is 4. The molecule has 30 heavy (non-hydrogen) atoms. The second-order valence-electron chi connectivity index (χ2n) is 9.03. The van der Waals surface area contributed by atoms with Crippen LogP contribution in [-0.4, -0.2) is 69.1 Å². The van der Waals surface area contributed by atoms with Crippen LogP contribution in [0, 0.1) is 5.92 Å². The second kappa shape index (κ2) is 10.7. The molecule has 0 unspecified atom stereocenters. The lowest BCUT2D eigenvalue weighted by Crippen LogP contribution is -2.39. The summed E-state index contributed by atoms with van der Waals surface area (Å²) in [7, 11) is -0.907. The third-order valence-electron chi connectivity index (χ3n) is 6.73.